The zero-order valence-electron chi connectivity index (χ0n) is 23.4. The van der Waals surface area contributed by atoms with Crippen molar-refractivity contribution in [3.8, 4) is 45.8 Å². The normalized spacial score (nSPS) is 21.6. The van der Waals surface area contributed by atoms with E-state index < -0.39 is 66.0 Å². The molecule has 1 fully saturated rings. The van der Waals surface area contributed by atoms with Gasteiger partial charge in [-0.3, -0.25) is 4.79 Å². The van der Waals surface area contributed by atoms with E-state index in [-0.39, 0.29) is 39.5 Å². The van der Waals surface area contributed by atoms with E-state index in [0.29, 0.717) is 5.56 Å². The second-order valence-corrected chi connectivity index (χ2v) is 9.96. The van der Waals surface area contributed by atoms with Gasteiger partial charge >= 0.3 is 5.97 Å². The van der Waals surface area contributed by atoms with Gasteiger partial charge in [-0.05, 0) is 48.0 Å². The molecule has 4 aromatic rings. The number of aliphatic hydroxyl groups is 3. The Hall–Kier alpha value is -5.28. The standard InChI is InChI=1S/C31H28O14/c1-41-20-10-14(2-8-18(20)35)3-9-23(37)44-30-27(40)25(38)22(13-32)43-31(30)45-29-26(39)24-19(36)11-17(34)12-21(24)42-28(29)15-4-6-16(33)7-5-15/h2-12,22,25,27,30-36,38,40H,13H2,1H3/b9-3+/t22-,25-,27+,30-,31+/m1/s1. The number of methoxy groups -OCH3 is 1. The minimum Gasteiger partial charge on any atom is -0.508 e. The maximum absolute atomic E-state index is 13.7. The molecule has 1 aliphatic rings. The lowest BCUT2D eigenvalue weighted by Crippen LogP contribution is -2.61. The van der Waals surface area contributed by atoms with Crippen molar-refractivity contribution in [3.05, 3.63) is 76.5 Å². The average molecular weight is 625 g/mol. The van der Waals surface area contributed by atoms with Gasteiger partial charge < -0.3 is 59.1 Å². The molecule has 1 aromatic heterocycles. The van der Waals surface area contributed by atoms with Crippen LogP contribution in [0.1, 0.15) is 5.56 Å². The van der Waals surface area contributed by atoms with Gasteiger partial charge in [-0.25, -0.2) is 4.79 Å². The zero-order valence-corrected chi connectivity index (χ0v) is 23.4. The molecule has 7 N–H and O–H groups in total. The number of fused-ring (bicyclic) bond motifs is 1. The van der Waals surface area contributed by atoms with E-state index in [1.165, 1.54) is 55.7 Å². The highest BCUT2D eigenvalue weighted by atomic mass is 16.7. The maximum atomic E-state index is 13.7. The zero-order chi connectivity index (χ0) is 32.4. The van der Waals surface area contributed by atoms with Gasteiger partial charge in [-0.2, -0.15) is 0 Å². The minimum atomic E-state index is -1.87. The van der Waals surface area contributed by atoms with Crippen molar-refractivity contribution in [2.75, 3.05) is 13.7 Å². The monoisotopic (exact) mass is 624 g/mol. The first-order chi connectivity index (χ1) is 21.5. The molecule has 0 bridgehead atoms. The Kier molecular flexibility index (Phi) is 8.83. The molecule has 5 rings (SSSR count). The number of benzene rings is 3. The van der Waals surface area contributed by atoms with E-state index >= 15 is 0 Å². The fraction of sp³-hybridized carbons (Fsp3) is 0.226. The van der Waals surface area contributed by atoms with Gasteiger partial charge in [0.2, 0.25) is 17.5 Å². The third-order valence-corrected chi connectivity index (χ3v) is 6.97. The van der Waals surface area contributed by atoms with Gasteiger partial charge in [-0.1, -0.05) is 6.07 Å². The van der Waals surface area contributed by atoms with Crippen LogP contribution in [0.3, 0.4) is 0 Å². The molecule has 0 unspecified atom stereocenters. The summed E-state index contributed by atoms with van der Waals surface area (Å²) in [6, 6.07) is 11.6. The lowest BCUT2D eigenvalue weighted by atomic mass is 9.99. The number of carbonyl (C=O) groups is 1. The smallest absolute Gasteiger partial charge is 0.331 e. The number of hydrogen-bond acceptors (Lipinski definition) is 14. The molecule has 0 amide bonds. The van der Waals surface area contributed by atoms with Crippen LogP contribution in [0.5, 0.6) is 34.5 Å². The maximum Gasteiger partial charge on any atom is 0.331 e. The van der Waals surface area contributed by atoms with E-state index in [1.54, 1.807) is 0 Å². The van der Waals surface area contributed by atoms with Gasteiger partial charge in [0.25, 0.3) is 0 Å². The van der Waals surface area contributed by atoms with Crippen molar-refractivity contribution >= 4 is 23.0 Å². The predicted octanol–water partition coefficient (Wildman–Crippen LogP) is 1.73. The first-order valence-corrected chi connectivity index (χ1v) is 13.4. The molecule has 2 heterocycles. The fourth-order valence-electron chi connectivity index (χ4n) is 4.71. The predicted molar refractivity (Wildman–Crippen MR) is 155 cm³/mol. The van der Waals surface area contributed by atoms with E-state index in [1.807, 2.05) is 0 Å². The number of esters is 1. The number of carbonyl (C=O) groups excluding carboxylic acids is 1. The van der Waals surface area contributed by atoms with Crippen molar-refractivity contribution in [1.82, 2.24) is 0 Å². The molecule has 0 radical (unpaired) electrons. The first-order valence-electron chi connectivity index (χ1n) is 13.4. The summed E-state index contributed by atoms with van der Waals surface area (Å²) >= 11 is 0. The molecule has 5 atom stereocenters. The Bertz CT molecular complexity index is 1800. The minimum absolute atomic E-state index is 0.107. The average Bonchev–Trinajstić information content (AvgIpc) is 3.01. The number of hydrogen-bond donors (Lipinski definition) is 7. The molecular weight excluding hydrogens is 596 g/mol. The molecular formula is C31H28O14. The summed E-state index contributed by atoms with van der Waals surface area (Å²) in [5.41, 5.74) is -0.540. The summed E-state index contributed by atoms with van der Waals surface area (Å²) in [5.74, 6) is -3.01. The van der Waals surface area contributed by atoms with Gasteiger partial charge in [0, 0.05) is 23.8 Å². The molecule has 3 aromatic carbocycles. The number of phenolic OH excluding ortho intramolecular Hbond substituents is 4. The van der Waals surface area contributed by atoms with Gasteiger partial charge in [0.15, 0.2) is 23.4 Å². The molecule has 236 valence electrons. The summed E-state index contributed by atoms with van der Waals surface area (Å²) in [7, 11) is 1.35. The summed E-state index contributed by atoms with van der Waals surface area (Å²) in [6.45, 7) is -0.793. The molecule has 1 aliphatic heterocycles. The summed E-state index contributed by atoms with van der Waals surface area (Å²) in [5, 5.41) is 70.7. The molecule has 0 aliphatic carbocycles. The van der Waals surface area contributed by atoms with Crippen LogP contribution in [0.4, 0.5) is 0 Å². The Balaban J connectivity index is 1.54. The molecule has 14 nitrogen and oxygen atoms in total. The van der Waals surface area contributed by atoms with Crippen LogP contribution in [-0.2, 0) is 14.3 Å². The van der Waals surface area contributed by atoms with Crippen molar-refractivity contribution in [2.45, 2.75) is 30.7 Å². The Morgan fingerprint density at radius 3 is 2.36 bits per heavy atom. The van der Waals surface area contributed by atoms with Gasteiger partial charge in [0.1, 0.15) is 46.5 Å². The van der Waals surface area contributed by atoms with E-state index in [9.17, 15) is 45.3 Å². The van der Waals surface area contributed by atoms with Crippen LogP contribution in [0, 0.1) is 0 Å². The second kappa shape index (κ2) is 12.8. The largest absolute Gasteiger partial charge is 0.508 e. The van der Waals surface area contributed by atoms with Crippen LogP contribution >= 0.6 is 0 Å². The first kappa shape index (κ1) is 31.2. The van der Waals surface area contributed by atoms with E-state index in [2.05, 4.69) is 0 Å². The van der Waals surface area contributed by atoms with Gasteiger partial charge in [-0.15, -0.1) is 0 Å². The summed E-state index contributed by atoms with van der Waals surface area (Å²) in [4.78, 5) is 26.6. The Morgan fingerprint density at radius 1 is 0.933 bits per heavy atom. The van der Waals surface area contributed by atoms with Crippen molar-refractivity contribution in [3.63, 3.8) is 0 Å². The molecule has 0 spiro atoms. The van der Waals surface area contributed by atoms with Crippen LogP contribution in [0.2, 0.25) is 0 Å². The summed E-state index contributed by atoms with van der Waals surface area (Å²) < 4.78 is 27.8. The SMILES string of the molecule is COc1cc(/C=C/C(=O)O[C@H]2[C@H](Oc3c(-c4ccc(O)cc4)oc4cc(O)cc(O)c4c3=O)O[C@H](CO)[C@@H](O)[C@@H]2O)ccc1O. The molecule has 0 saturated carbocycles. The third kappa shape index (κ3) is 6.34. The third-order valence-electron chi connectivity index (χ3n) is 6.97. The Labute approximate surface area is 253 Å². The highest BCUT2D eigenvalue weighted by Gasteiger charge is 2.48. The highest BCUT2D eigenvalue weighted by molar-refractivity contribution is 5.88. The van der Waals surface area contributed by atoms with Crippen LogP contribution in [-0.4, -0.2) is 86.1 Å². The topological polar surface area (TPSA) is 226 Å². The number of ether oxygens (including phenoxy) is 4. The van der Waals surface area contributed by atoms with E-state index in [4.69, 9.17) is 23.4 Å². The van der Waals surface area contributed by atoms with Crippen LogP contribution in [0.15, 0.2) is 69.9 Å². The van der Waals surface area contributed by atoms with Crippen molar-refractivity contribution < 1.29 is 63.9 Å². The second-order valence-electron chi connectivity index (χ2n) is 9.96. The lowest BCUT2D eigenvalue weighted by Gasteiger charge is -2.41. The number of rotatable bonds is 8. The quantitative estimate of drug-likeness (QED) is 0.110. The Morgan fingerprint density at radius 2 is 1.67 bits per heavy atom. The fourth-order valence-corrected chi connectivity index (χ4v) is 4.71. The number of aromatic hydroxyl groups is 4. The van der Waals surface area contributed by atoms with Crippen molar-refractivity contribution in [1.29, 1.82) is 0 Å². The molecule has 1 saturated heterocycles. The van der Waals surface area contributed by atoms with Crippen molar-refractivity contribution in [2.24, 2.45) is 0 Å². The summed E-state index contributed by atoms with van der Waals surface area (Å²) in [6.07, 6.45) is -6.33. The van der Waals surface area contributed by atoms with Crippen LogP contribution in [0.25, 0.3) is 28.4 Å². The number of phenols is 4. The highest BCUT2D eigenvalue weighted by Crippen LogP contribution is 2.38. The molecule has 45 heavy (non-hydrogen) atoms. The van der Waals surface area contributed by atoms with Crippen LogP contribution < -0.4 is 14.9 Å². The lowest BCUT2D eigenvalue weighted by molar-refractivity contribution is -0.281. The van der Waals surface area contributed by atoms with E-state index in [0.717, 1.165) is 18.2 Å². The number of aliphatic hydroxyl groups excluding tert-OH is 3. The van der Waals surface area contributed by atoms with Gasteiger partial charge in [0.05, 0.1) is 13.7 Å². The molecule has 14 heteroatoms.